The summed E-state index contributed by atoms with van der Waals surface area (Å²) in [4.78, 5) is 12.3. The molecular formula is C25H34N2O3. The molecular weight excluding hydrogens is 376 g/mol. The molecule has 2 atom stereocenters. The average molecular weight is 411 g/mol. The van der Waals surface area contributed by atoms with Crippen LogP contribution in [0.3, 0.4) is 0 Å². The first-order valence-corrected chi connectivity index (χ1v) is 11.0. The maximum atomic E-state index is 12.3. The highest BCUT2D eigenvalue weighted by molar-refractivity contribution is 5.94. The van der Waals surface area contributed by atoms with Crippen molar-refractivity contribution >= 4 is 5.91 Å². The molecule has 2 aromatic rings. The van der Waals surface area contributed by atoms with Crippen molar-refractivity contribution in [3.8, 4) is 0 Å². The smallest absolute Gasteiger partial charge is 0.248 e. The summed E-state index contributed by atoms with van der Waals surface area (Å²) in [7, 11) is 0. The third-order valence-corrected chi connectivity index (χ3v) is 5.92. The number of aliphatic hydroxyl groups is 1. The van der Waals surface area contributed by atoms with E-state index in [2.05, 4.69) is 30.4 Å². The number of aliphatic hydroxyl groups excluding tert-OH is 1. The Labute approximate surface area is 179 Å². The molecule has 0 unspecified atom stereocenters. The van der Waals surface area contributed by atoms with E-state index in [4.69, 9.17) is 10.5 Å². The van der Waals surface area contributed by atoms with Crippen LogP contribution in [0.25, 0.3) is 0 Å². The number of rotatable bonds is 10. The van der Waals surface area contributed by atoms with E-state index in [-0.39, 0.29) is 5.92 Å². The van der Waals surface area contributed by atoms with Gasteiger partial charge in [-0.05, 0) is 48.4 Å². The highest BCUT2D eigenvalue weighted by atomic mass is 16.5. The van der Waals surface area contributed by atoms with Crippen LogP contribution in [-0.4, -0.2) is 42.9 Å². The summed E-state index contributed by atoms with van der Waals surface area (Å²) in [6.07, 6.45) is 3.82. The Bertz CT molecular complexity index is 803. The Hall–Kier alpha value is -2.21. The van der Waals surface area contributed by atoms with Gasteiger partial charge in [0.05, 0.1) is 6.10 Å². The molecule has 1 heterocycles. The molecule has 1 saturated heterocycles. The molecule has 3 rings (SSSR count). The summed E-state index contributed by atoms with van der Waals surface area (Å²) in [5, 5.41) is 14.7. The van der Waals surface area contributed by atoms with E-state index >= 15 is 0 Å². The van der Waals surface area contributed by atoms with Crippen molar-refractivity contribution in [2.24, 2.45) is 5.73 Å². The quantitative estimate of drug-likeness (QED) is 0.562. The molecule has 1 aliphatic rings. The third-order valence-electron chi connectivity index (χ3n) is 5.92. The van der Waals surface area contributed by atoms with Gasteiger partial charge in [0, 0.05) is 37.3 Å². The first-order valence-electron chi connectivity index (χ1n) is 11.0. The van der Waals surface area contributed by atoms with Gasteiger partial charge >= 0.3 is 0 Å². The van der Waals surface area contributed by atoms with Crippen molar-refractivity contribution in [1.29, 1.82) is 0 Å². The van der Waals surface area contributed by atoms with Crippen LogP contribution in [0.2, 0.25) is 0 Å². The Kier molecular flexibility index (Phi) is 8.43. The highest BCUT2D eigenvalue weighted by Gasteiger charge is 2.27. The van der Waals surface area contributed by atoms with Gasteiger partial charge in [0.2, 0.25) is 5.91 Å². The van der Waals surface area contributed by atoms with Crippen molar-refractivity contribution < 1.29 is 14.6 Å². The van der Waals surface area contributed by atoms with Gasteiger partial charge in [-0.25, -0.2) is 0 Å². The van der Waals surface area contributed by atoms with Crippen LogP contribution in [0.15, 0.2) is 48.5 Å². The number of nitrogens with two attached hydrogens (primary N) is 1. The molecule has 0 aliphatic carbocycles. The van der Waals surface area contributed by atoms with Gasteiger partial charge in [-0.2, -0.15) is 0 Å². The van der Waals surface area contributed by atoms with Gasteiger partial charge in [-0.3, -0.25) is 4.79 Å². The molecule has 2 aromatic carbocycles. The van der Waals surface area contributed by atoms with Crippen LogP contribution in [0, 0.1) is 0 Å². The van der Waals surface area contributed by atoms with Crippen LogP contribution in [0.1, 0.15) is 59.2 Å². The summed E-state index contributed by atoms with van der Waals surface area (Å²) in [6.45, 7) is 4.09. The first-order chi connectivity index (χ1) is 14.6. The van der Waals surface area contributed by atoms with Crippen LogP contribution >= 0.6 is 0 Å². The van der Waals surface area contributed by atoms with E-state index in [0.717, 1.165) is 55.6 Å². The minimum Gasteiger partial charge on any atom is -0.391 e. The van der Waals surface area contributed by atoms with E-state index in [0.29, 0.717) is 24.6 Å². The summed E-state index contributed by atoms with van der Waals surface area (Å²) < 4.78 is 5.42. The van der Waals surface area contributed by atoms with Gasteiger partial charge in [-0.15, -0.1) is 0 Å². The van der Waals surface area contributed by atoms with Gasteiger partial charge in [-0.1, -0.05) is 55.8 Å². The SMILES string of the molecule is CCCc1ccc([C@H](Cc2ccccc2)[C@@H](O)CNC2CCOCC2)c(C(N)=O)c1. The lowest BCUT2D eigenvalue weighted by Crippen LogP contribution is -2.41. The molecule has 5 heteroatoms. The van der Waals surface area contributed by atoms with Crippen LogP contribution in [-0.2, 0) is 17.6 Å². The number of nitrogens with one attached hydrogen (secondary N) is 1. The maximum absolute atomic E-state index is 12.3. The number of amides is 1. The van der Waals surface area contributed by atoms with E-state index in [9.17, 15) is 9.90 Å². The summed E-state index contributed by atoms with van der Waals surface area (Å²) >= 11 is 0. The zero-order valence-corrected chi connectivity index (χ0v) is 17.8. The fourth-order valence-corrected chi connectivity index (χ4v) is 4.24. The molecule has 1 amide bonds. The molecule has 0 bridgehead atoms. The number of carbonyl (C=O) groups is 1. The molecule has 0 radical (unpaired) electrons. The monoisotopic (exact) mass is 410 g/mol. The van der Waals surface area contributed by atoms with Crippen molar-refractivity contribution in [2.45, 2.75) is 57.1 Å². The zero-order chi connectivity index (χ0) is 21.3. The molecule has 1 aliphatic heterocycles. The van der Waals surface area contributed by atoms with E-state index in [1.54, 1.807) is 0 Å². The first kappa shape index (κ1) is 22.5. The molecule has 162 valence electrons. The fraction of sp³-hybridized carbons (Fsp3) is 0.480. The Morgan fingerprint density at radius 3 is 2.57 bits per heavy atom. The number of hydrogen-bond donors (Lipinski definition) is 3. The molecule has 4 N–H and O–H groups in total. The van der Waals surface area contributed by atoms with Crippen LogP contribution < -0.4 is 11.1 Å². The number of ether oxygens (including phenoxy) is 1. The molecule has 0 saturated carbocycles. The minimum absolute atomic E-state index is 0.224. The third kappa shape index (κ3) is 6.14. The van der Waals surface area contributed by atoms with Gasteiger partial charge in [0.1, 0.15) is 0 Å². The predicted molar refractivity (Wildman–Crippen MR) is 120 cm³/mol. The number of carbonyl (C=O) groups excluding carboxylic acids is 1. The van der Waals surface area contributed by atoms with E-state index in [1.807, 2.05) is 30.3 Å². The molecule has 30 heavy (non-hydrogen) atoms. The average Bonchev–Trinajstić information content (AvgIpc) is 2.77. The summed E-state index contributed by atoms with van der Waals surface area (Å²) in [5.41, 5.74) is 9.32. The summed E-state index contributed by atoms with van der Waals surface area (Å²) in [6, 6.07) is 16.4. The number of hydrogen-bond acceptors (Lipinski definition) is 4. The van der Waals surface area contributed by atoms with Crippen LogP contribution in [0.5, 0.6) is 0 Å². The lowest BCUT2D eigenvalue weighted by atomic mass is 9.83. The number of primary amides is 1. The Morgan fingerprint density at radius 1 is 1.17 bits per heavy atom. The molecule has 0 aromatic heterocycles. The highest BCUT2D eigenvalue weighted by Crippen LogP contribution is 2.29. The second kappa shape index (κ2) is 11.3. The summed E-state index contributed by atoms with van der Waals surface area (Å²) in [5.74, 6) is -0.663. The molecule has 5 nitrogen and oxygen atoms in total. The largest absolute Gasteiger partial charge is 0.391 e. The topological polar surface area (TPSA) is 84.6 Å². The minimum atomic E-state index is -0.636. The molecule has 1 fully saturated rings. The van der Waals surface area contributed by atoms with Crippen molar-refractivity contribution in [3.63, 3.8) is 0 Å². The lowest BCUT2D eigenvalue weighted by molar-refractivity contribution is 0.0696. The maximum Gasteiger partial charge on any atom is 0.248 e. The van der Waals surface area contributed by atoms with E-state index < -0.39 is 12.0 Å². The second-order valence-corrected chi connectivity index (χ2v) is 8.19. The Balaban J connectivity index is 1.85. The molecule has 0 spiro atoms. The van der Waals surface area contributed by atoms with Crippen molar-refractivity contribution in [2.75, 3.05) is 19.8 Å². The fourth-order valence-electron chi connectivity index (χ4n) is 4.24. The lowest BCUT2D eigenvalue weighted by Gasteiger charge is -2.29. The van der Waals surface area contributed by atoms with Gasteiger partial charge in [0.25, 0.3) is 0 Å². The number of benzene rings is 2. The predicted octanol–water partition coefficient (Wildman–Crippen LogP) is 3.19. The van der Waals surface area contributed by atoms with Crippen molar-refractivity contribution in [1.82, 2.24) is 5.32 Å². The van der Waals surface area contributed by atoms with E-state index in [1.165, 1.54) is 0 Å². The van der Waals surface area contributed by atoms with Crippen LogP contribution in [0.4, 0.5) is 0 Å². The zero-order valence-electron chi connectivity index (χ0n) is 17.8. The van der Waals surface area contributed by atoms with Gasteiger partial charge in [0.15, 0.2) is 0 Å². The second-order valence-electron chi connectivity index (χ2n) is 8.19. The standard InChI is InChI=1S/C25H34N2O3/c1-2-6-18-9-10-21(23(16-18)25(26)29)22(15-19-7-4-3-5-8-19)24(28)17-27-20-11-13-30-14-12-20/h3-5,7-10,16,20,22,24,27-28H,2,6,11-15,17H2,1H3,(H2,26,29)/t22-,24-/m0/s1. The van der Waals surface area contributed by atoms with Gasteiger partial charge < -0.3 is 20.9 Å². The Morgan fingerprint density at radius 2 is 1.90 bits per heavy atom. The normalized spacial score (nSPS) is 16.9. The number of aryl methyl sites for hydroxylation is 1. The van der Waals surface area contributed by atoms with Crippen molar-refractivity contribution in [3.05, 3.63) is 70.8 Å².